The standard InChI is InChI=1S/C19H21FN2O3S/c1-14-4-2-3-5-18(14)21-19(23)15-10-12-22(13-11-15)26(24,25)17-8-6-16(20)7-9-17/h2-9,15H,10-13H2,1H3,(H,21,23). The molecular formula is C19H21FN2O3S. The topological polar surface area (TPSA) is 66.5 Å². The Bertz CT molecular complexity index is 889. The Labute approximate surface area is 152 Å². The third kappa shape index (κ3) is 3.94. The maximum atomic E-state index is 13.0. The normalized spacial score (nSPS) is 16.4. The van der Waals surface area contributed by atoms with Crippen molar-refractivity contribution in [3.8, 4) is 0 Å². The van der Waals surface area contributed by atoms with Crippen LogP contribution in [0.3, 0.4) is 0 Å². The van der Waals surface area contributed by atoms with Gasteiger partial charge in [0, 0.05) is 24.7 Å². The molecule has 138 valence electrons. The van der Waals surface area contributed by atoms with Crippen LogP contribution in [-0.2, 0) is 14.8 Å². The number of aryl methyl sites for hydroxylation is 1. The van der Waals surface area contributed by atoms with Gasteiger partial charge >= 0.3 is 0 Å². The van der Waals surface area contributed by atoms with E-state index in [9.17, 15) is 17.6 Å². The molecule has 1 fully saturated rings. The highest BCUT2D eigenvalue weighted by atomic mass is 32.2. The SMILES string of the molecule is Cc1ccccc1NC(=O)C1CCN(S(=O)(=O)c2ccc(F)cc2)CC1. The van der Waals surface area contributed by atoms with E-state index in [1.165, 1.54) is 16.4 Å². The number of anilines is 1. The summed E-state index contributed by atoms with van der Waals surface area (Å²) in [5.41, 5.74) is 1.76. The first-order chi connectivity index (χ1) is 12.4. The Kier molecular flexibility index (Phi) is 5.38. The van der Waals surface area contributed by atoms with E-state index in [0.717, 1.165) is 23.4 Å². The number of halogens is 1. The first-order valence-electron chi connectivity index (χ1n) is 8.50. The summed E-state index contributed by atoms with van der Waals surface area (Å²) in [5.74, 6) is -0.789. The second-order valence-electron chi connectivity index (χ2n) is 6.44. The molecule has 1 amide bonds. The summed E-state index contributed by atoms with van der Waals surface area (Å²) in [6, 6.07) is 12.3. The summed E-state index contributed by atoms with van der Waals surface area (Å²) in [7, 11) is -3.66. The third-order valence-electron chi connectivity index (χ3n) is 4.68. The Morgan fingerprint density at radius 2 is 1.69 bits per heavy atom. The number of sulfonamides is 1. The van der Waals surface area contributed by atoms with Crippen LogP contribution in [0.4, 0.5) is 10.1 Å². The van der Waals surface area contributed by atoms with Gasteiger partial charge in [0.15, 0.2) is 0 Å². The molecule has 0 unspecified atom stereocenters. The lowest BCUT2D eigenvalue weighted by atomic mass is 9.97. The molecule has 1 aliphatic rings. The van der Waals surface area contributed by atoms with Crippen LogP contribution in [0.25, 0.3) is 0 Å². The zero-order valence-electron chi connectivity index (χ0n) is 14.5. The van der Waals surface area contributed by atoms with Crippen molar-refractivity contribution < 1.29 is 17.6 Å². The highest BCUT2D eigenvalue weighted by molar-refractivity contribution is 7.89. The van der Waals surface area contributed by atoms with Gasteiger partial charge in [0.25, 0.3) is 0 Å². The lowest BCUT2D eigenvalue weighted by Gasteiger charge is -2.30. The fourth-order valence-corrected chi connectivity index (χ4v) is 4.53. The van der Waals surface area contributed by atoms with E-state index < -0.39 is 15.8 Å². The van der Waals surface area contributed by atoms with Crippen molar-refractivity contribution in [1.29, 1.82) is 0 Å². The average Bonchev–Trinajstić information content (AvgIpc) is 2.64. The number of piperidine rings is 1. The number of hydrogen-bond donors (Lipinski definition) is 1. The van der Waals surface area contributed by atoms with Gasteiger partial charge in [-0.05, 0) is 55.7 Å². The van der Waals surface area contributed by atoms with Crippen LogP contribution in [0.1, 0.15) is 18.4 Å². The molecule has 0 spiro atoms. The number of benzene rings is 2. The quantitative estimate of drug-likeness (QED) is 0.891. The summed E-state index contributed by atoms with van der Waals surface area (Å²) in [6.07, 6.45) is 0.913. The number of amides is 1. The van der Waals surface area contributed by atoms with Crippen molar-refractivity contribution in [1.82, 2.24) is 4.31 Å². The maximum absolute atomic E-state index is 13.0. The number of para-hydroxylation sites is 1. The fourth-order valence-electron chi connectivity index (χ4n) is 3.06. The summed E-state index contributed by atoms with van der Waals surface area (Å²) < 4.78 is 39.6. The average molecular weight is 376 g/mol. The Morgan fingerprint density at radius 1 is 1.08 bits per heavy atom. The largest absolute Gasteiger partial charge is 0.326 e. The van der Waals surface area contributed by atoms with E-state index in [0.29, 0.717) is 12.8 Å². The molecular weight excluding hydrogens is 355 g/mol. The number of hydrogen-bond acceptors (Lipinski definition) is 3. The molecule has 0 bridgehead atoms. The van der Waals surface area contributed by atoms with Crippen LogP contribution in [0, 0.1) is 18.7 Å². The van der Waals surface area contributed by atoms with E-state index in [4.69, 9.17) is 0 Å². The van der Waals surface area contributed by atoms with Gasteiger partial charge < -0.3 is 5.32 Å². The van der Waals surface area contributed by atoms with Crippen molar-refractivity contribution in [2.45, 2.75) is 24.7 Å². The molecule has 2 aromatic rings. The van der Waals surface area contributed by atoms with Crippen LogP contribution >= 0.6 is 0 Å². The summed E-state index contributed by atoms with van der Waals surface area (Å²) in [4.78, 5) is 12.5. The van der Waals surface area contributed by atoms with Gasteiger partial charge in [-0.3, -0.25) is 4.79 Å². The molecule has 3 rings (SSSR count). The second kappa shape index (κ2) is 7.55. The predicted octanol–water partition coefficient (Wildman–Crippen LogP) is 3.17. The molecule has 0 atom stereocenters. The summed E-state index contributed by atoms with van der Waals surface area (Å²) in [5, 5.41) is 2.92. The van der Waals surface area contributed by atoms with E-state index >= 15 is 0 Å². The lowest BCUT2D eigenvalue weighted by Crippen LogP contribution is -2.41. The van der Waals surface area contributed by atoms with E-state index in [-0.39, 0.29) is 29.8 Å². The zero-order chi connectivity index (χ0) is 18.7. The van der Waals surface area contributed by atoms with Crippen LogP contribution in [0.5, 0.6) is 0 Å². The van der Waals surface area contributed by atoms with E-state index in [2.05, 4.69) is 5.32 Å². The molecule has 0 aliphatic carbocycles. The second-order valence-corrected chi connectivity index (χ2v) is 8.37. The van der Waals surface area contributed by atoms with E-state index in [1.807, 2.05) is 31.2 Å². The molecule has 0 aromatic heterocycles. The first-order valence-corrected chi connectivity index (χ1v) is 9.94. The van der Waals surface area contributed by atoms with Crippen LogP contribution < -0.4 is 5.32 Å². The predicted molar refractivity (Wildman–Crippen MR) is 97.7 cm³/mol. The first kappa shape index (κ1) is 18.5. The van der Waals surface area contributed by atoms with Crippen molar-refractivity contribution in [2.24, 2.45) is 5.92 Å². The highest BCUT2D eigenvalue weighted by Crippen LogP contribution is 2.25. The zero-order valence-corrected chi connectivity index (χ0v) is 15.3. The third-order valence-corrected chi connectivity index (χ3v) is 6.59. The summed E-state index contributed by atoms with van der Waals surface area (Å²) in [6.45, 7) is 2.46. The van der Waals surface area contributed by atoms with Gasteiger partial charge in [-0.1, -0.05) is 18.2 Å². The summed E-state index contributed by atoms with van der Waals surface area (Å²) >= 11 is 0. The van der Waals surface area contributed by atoms with Gasteiger partial charge in [0.05, 0.1) is 4.90 Å². The molecule has 1 saturated heterocycles. The molecule has 2 aromatic carbocycles. The molecule has 26 heavy (non-hydrogen) atoms. The number of rotatable bonds is 4. The number of carbonyl (C=O) groups is 1. The van der Waals surface area contributed by atoms with Gasteiger partial charge in [0.1, 0.15) is 5.82 Å². The molecule has 1 aliphatic heterocycles. The molecule has 5 nitrogen and oxygen atoms in total. The minimum Gasteiger partial charge on any atom is -0.326 e. The molecule has 0 saturated carbocycles. The molecule has 1 N–H and O–H groups in total. The van der Waals surface area contributed by atoms with E-state index in [1.54, 1.807) is 0 Å². The van der Waals surface area contributed by atoms with Crippen LogP contribution in [-0.4, -0.2) is 31.7 Å². The van der Waals surface area contributed by atoms with Crippen LogP contribution in [0.15, 0.2) is 53.4 Å². The van der Waals surface area contributed by atoms with Crippen molar-refractivity contribution in [2.75, 3.05) is 18.4 Å². The Hall–Kier alpha value is -2.25. The van der Waals surface area contributed by atoms with Gasteiger partial charge in [-0.25, -0.2) is 12.8 Å². The van der Waals surface area contributed by atoms with Crippen LogP contribution in [0.2, 0.25) is 0 Å². The Morgan fingerprint density at radius 3 is 2.31 bits per heavy atom. The smallest absolute Gasteiger partial charge is 0.243 e. The number of carbonyl (C=O) groups excluding carboxylic acids is 1. The van der Waals surface area contributed by atoms with Crippen molar-refractivity contribution in [3.63, 3.8) is 0 Å². The van der Waals surface area contributed by atoms with Crippen molar-refractivity contribution >= 4 is 21.6 Å². The van der Waals surface area contributed by atoms with Gasteiger partial charge in [-0.2, -0.15) is 4.31 Å². The lowest BCUT2D eigenvalue weighted by molar-refractivity contribution is -0.120. The fraction of sp³-hybridized carbons (Fsp3) is 0.316. The Balaban J connectivity index is 1.62. The minimum absolute atomic E-state index is 0.0710. The molecule has 1 heterocycles. The number of nitrogens with one attached hydrogen (secondary N) is 1. The minimum atomic E-state index is -3.66. The molecule has 0 radical (unpaired) electrons. The highest BCUT2D eigenvalue weighted by Gasteiger charge is 2.32. The number of nitrogens with zero attached hydrogens (tertiary/aromatic N) is 1. The maximum Gasteiger partial charge on any atom is 0.243 e. The van der Waals surface area contributed by atoms with Gasteiger partial charge in [-0.15, -0.1) is 0 Å². The molecule has 7 heteroatoms. The van der Waals surface area contributed by atoms with Crippen molar-refractivity contribution in [3.05, 3.63) is 59.9 Å². The monoisotopic (exact) mass is 376 g/mol. The van der Waals surface area contributed by atoms with Gasteiger partial charge in [0.2, 0.25) is 15.9 Å².